The lowest BCUT2D eigenvalue weighted by atomic mass is 10.0. The van der Waals surface area contributed by atoms with E-state index in [2.05, 4.69) is 25.7 Å². The van der Waals surface area contributed by atoms with Gasteiger partial charge in [0.15, 0.2) is 9.84 Å². The van der Waals surface area contributed by atoms with Gasteiger partial charge in [0.1, 0.15) is 0 Å². The molecule has 0 aliphatic heterocycles. The molecular formula is C16H24N2O2S. The van der Waals surface area contributed by atoms with Gasteiger partial charge in [-0.15, -0.1) is 0 Å². The fraction of sp³-hybridized carbons (Fsp3) is 0.562. The van der Waals surface area contributed by atoms with E-state index in [9.17, 15) is 8.42 Å². The molecule has 0 aliphatic rings. The van der Waals surface area contributed by atoms with Crippen LogP contribution in [0.15, 0.2) is 29.2 Å². The van der Waals surface area contributed by atoms with Crippen LogP contribution in [0.1, 0.15) is 32.8 Å². The zero-order valence-electron chi connectivity index (χ0n) is 13.2. The van der Waals surface area contributed by atoms with Crippen molar-refractivity contribution < 1.29 is 8.42 Å². The van der Waals surface area contributed by atoms with Crippen molar-refractivity contribution in [1.82, 2.24) is 4.90 Å². The van der Waals surface area contributed by atoms with Gasteiger partial charge in [-0.1, -0.05) is 13.8 Å². The third-order valence-corrected chi connectivity index (χ3v) is 5.33. The molecule has 21 heavy (non-hydrogen) atoms. The zero-order valence-corrected chi connectivity index (χ0v) is 14.0. The number of nitriles is 1. The maximum atomic E-state index is 12.3. The van der Waals surface area contributed by atoms with Crippen molar-refractivity contribution >= 4 is 9.84 Å². The van der Waals surface area contributed by atoms with Crippen LogP contribution in [0.5, 0.6) is 0 Å². The maximum Gasteiger partial charge on any atom is 0.179 e. The minimum Gasteiger partial charge on any atom is -0.303 e. The first kappa shape index (κ1) is 17.7. The van der Waals surface area contributed by atoms with Crippen molar-refractivity contribution in [2.75, 3.05) is 19.3 Å². The molecule has 0 aliphatic carbocycles. The van der Waals surface area contributed by atoms with Crippen LogP contribution in [0, 0.1) is 17.2 Å². The minimum atomic E-state index is -3.29. The molecule has 1 aromatic carbocycles. The largest absolute Gasteiger partial charge is 0.303 e. The first-order valence-corrected chi connectivity index (χ1v) is 8.84. The summed E-state index contributed by atoms with van der Waals surface area (Å²) in [5.74, 6) is 0.690. The van der Waals surface area contributed by atoms with Crippen molar-refractivity contribution in [2.24, 2.45) is 5.92 Å². The molecule has 0 fully saturated rings. The molecule has 0 aromatic heterocycles. The molecule has 1 atom stereocenters. The van der Waals surface area contributed by atoms with Crippen LogP contribution >= 0.6 is 0 Å². The van der Waals surface area contributed by atoms with Crippen LogP contribution in [-0.4, -0.2) is 38.7 Å². The number of rotatable bonds is 7. The summed E-state index contributed by atoms with van der Waals surface area (Å²) in [5.41, 5.74) is 0.469. The summed E-state index contributed by atoms with van der Waals surface area (Å²) in [6, 6.07) is 8.44. The monoisotopic (exact) mass is 308 g/mol. The molecule has 0 heterocycles. The Hall–Kier alpha value is -1.38. The second-order valence-corrected chi connectivity index (χ2v) is 8.02. The smallest absolute Gasteiger partial charge is 0.179 e. The summed E-state index contributed by atoms with van der Waals surface area (Å²) in [7, 11) is -1.33. The fourth-order valence-electron chi connectivity index (χ4n) is 2.20. The van der Waals surface area contributed by atoms with Gasteiger partial charge < -0.3 is 4.90 Å². The highest BCUT2D eigenvalue weighted by atomic mass is 32.2. The summed E-state index contributed by atoms with van der Waals surface area (Å²) < 4.78 is 24.5. The topological polar surface area (TPSA) is 61.2 Å². The van der Waals surface area contributed by atoms with Crippen molar-refractivity contribution in [3.05, 3.63) is 29.8 Å². The molecule has 0 bridgehead atoms. The number of sulfone groups is 1. The first-order valence-electron chi connectivity index (χ1n) is 7.19. The highest BCUT2D eigenvalue weighted by Gasteiger charge is 2.18. The van der Waals surface area contributed by atoms with E-state index in [1.54, 1.807) is 0 Å². The number of hydrogen-bond donors (Lipinski definition) is 0. The first-order chi connectivity index (χ1) is 9.76. The SMILES string of the molecule is CC(C)CC(C)N(C)CCS(=O)(=O)c1ccc(C#N)cc1. The van der Waals surface area contributed by atoms with Crippen molar-refractivity contribution in [1.29, 1.82) is 5.26 Å². The van der Waals surface area contributed by atoms with Crippen LogP contribution in [-0.2, 0) is 9.84 Å². The second-order valence-electron chi connectivity index (χ2n) is 5.91. The Labute approximate surface area is 128 Å². The van der Waals surface area contributed by atoms with Gasteiger partial charge >= 0.3 is 0 Å². The molecule has 0 saturated heterocycles. The molecular weight excluding hydrogens is 284 g/mol. The molecule has 0 N–H and O–H groups in total. The molecule has 1 aromatic rings. The van der Waals surface area contributed by atoms with Crippen LogP contribution in [0.2, 0.25) is 0 Å². The quantitative estimate of drug-likeness (QED) is 0.777. The van der Waals surface area contributed by atoms with Crippen LogP contribution in [0.3, 0.4) is 0 Å². The molecule has 0 radical (unpaired) electrons. The van der Waals surface area contributed by atoms with E-state index < -0.39 is 9.84 Å². The number of nitrogens with zero attached hydrogens (tertiary/aromatic N) is 2. The molecule has 116 valence electrons. The lowest BCUT2D eigenvalue weighted by Gasteiger charge is -2.25. The predicted molar refractivity (Wildman–Crippen MR) is 84.8 cm³/mol. The summed E-state index contributed by atoms with van der Waals surface area (Å²) in [4.78, 5) is 2.37. The van der Waals surface area contributed by atoms with Gasteiger partial charge in [0, 0.05) is 12.6 Å². The highest BCUT2D eigenvalue weighted by molar-refractivity contribution is 7.91. The van der Waals surface area contributed by atoms with Gasteiger partial charge in [-0.2, -0.15) is 5.26 Å². The van der Waals surface area contributed by atoms with Gasteiger partial charge in [0.2, 0.25) is 0 Å². The van der Waals surface area contributed by atoms with E-state index in [1.807, 2.05) is 13.1 Å². The highest BCUT2D eigenvalue weighted by Crippen LogP contribution is 2.14. The lowest BCUT2D eigenvalue weighted by molar-refractivity contribution is 0.240. The van der Waals surface area contributed by atoms with Gasteiger partial charge in [-0.3, -0.25) is 0 Å². The zero-order chi connectivity index (χ0) is 16.0. The average Bonchev–Trinajstić information content (AvgIpc) is 2.44. The third kappa shape index (κ3) is 5.49. The maximum absolute atomic E-state index is 12.3. The Morgan fingerprint density at radius 1 is 1.19 bits per heavy atom. The average molecular weight is 308 g/mol. The van der Waals surface area contributed by atoms with Gasteiger partial charge in [0.05, 0.1) is 22.3 Å². The number of benzene rings is 1. The Balaban J connectivity index is 2.66. The molecule has 4 nitrogen and oxygen atoms in total. The van der Waals surface area contributed by atoms with E-state index in [4.69, 9.17) is 5.26 Å². The Bertz CT molecular complexity index is 586. The summed E-state index contributed by atoms with van der Waals surface area (Å²) in [6.45, 7) is 6.96. The Kier molecular flexibility index (Phi) is 6.38. The van der Waals surface area contributed by atoms with Crippen molar-refractivity contribution in [3.8, 4) is 6.07 Å². The van der Waals surface area contributed by atoms with Crippen molar-refractivity contribution in [3.63, 3.8) is 0 Å². The van der Waals surface area contributed by atoms with Crippen LogP contribution < -0.4 is 0 Å². The second kappa shape index (κ2) is 7.58. The van der Waals surface area contributed by atoms with Gasteiger partial charge in [-0.25, -0.2) is 8.42 Å². The molecule has 0 spiro atoms. The molecule has 5 heteroatoms. The van der Waals surface area contributed by atoms with E-state index in [0.717, 1.165) is 6.42 Å². The van der Waals surface area contributed by atoms with E-state index in [-0.39, 0.29) is 10.6 Å². The van der Waals surface area contributed by atoms with Gasteiger partial charge in [-0.05, 0) is 50.6 Å². The van der Waals surface area contributed by atoms with Crippen LogP contribution in [0.25, 0.3) is 0 Å². The van der Waals surface area contributed by atoms with E-state index in [0.29, 0.717) is 24.1 Å². The van der Waals surface area contributed by atoms with Crippen molar-refractivity contribution in [2.45, 2.75) is 38.1 Å². The summed E-state index contributed by atoms with van der Waals surface area (Å²) in [5, 5.41) is 8.73. The van der Waals surface area contributed by atoms with E-state index >= 15 is 0 Å². The number of hydrogen-bond acceptors (Lipinski definition) is 4. The molecule has 0 saturated carbocycles. The molecule has 1 rings (SSSR count). The standard InChI is InChI=1S/C16H24N2O2S/c1-13(2)11-14(3)18(4)9-10-21(19,20)16-7-5-15(12-17)6-8-16/h5-8,13-14H,9-11H2,1-4H3. The van der Waals surface area contributed by atoms with Crippen LogP contribution in [0.4, 0.5) is 0 Å². The normalized spacial score (nSPS) is 13.4. The Morgan fingerprint density at radius 3 is 2.24 bits per heavy atom. The third-order valence-electron chi connectivity index (χ3n) is 3.62. The molecule has 0 amide bonds. The fourth-order valence-corrected chi connectivity index (χ4v) is 3.52. The lowest BCUT2D eigenvalue weighted by Crippen LogP contribution is -2.34. The van der Waals surface area contributed by atoms with Gasteiger partial charge in [0.25, 0.3) is 0 Å². The molecule has 1 unspecified atom stereocenters. The summed E-state index contributed by atoms with van der Waals surface area (Å²) in [6.07, 6.45) is 1.05. The Morgan fingerprint density at radius 2 is 1.76 bits per heavy atom. The van der Waals surface area contributed by atoms with E-state index in [1.165, 1.54) is 24.3 Å². The minimum absolute atomic E-state index is 0.0951. The predicted octanol–water partition coefficient (Wildman–Crippen LogP) is 2.70. The summed E-state index contributed by atoms with van der Waals surface area (Å²) >= 11 is 0.